The minimum absolute atomic E-state index is 0.0132. The number of halogens is 6. The van der Waals surface area contributed by atoms with Crippen LogP contribution in [0.4, 0.5) is 42.6 Å². The van der Waals surface area contributed by atoms with Crippen LogP contribution in [0.2, 0.25) is 0 Å². The summed E-state index contributed by atoms with van der Waals surface area (Å²) >= 11 is 3.92. The molecule has 3 N–H and O–H groups in total. The number of carbonyl (C=O) groups excluding carboxylic acids is 1. The number of alkyl halides is 6. The lowest BCUT2D eigenvalue weighted by Crippen LogP contribution is -2.53. The number of pyridine rings is 1. The van der Waals surface area contributed by atoms with Gasteiger partial charge in [-0.2, -0.15) is 30.7 Å². The maximum atomic E-state index is 13.1. The van der Waals surface area contributed by atoms with Gasteiger partial charge in [0.1, 0.15) is 12.4 Å². The van der Waals surface area contributed by atoms with Gasteiger partial charge in [-0.15, -0.1) is 0 Å². The van der Waals surface area contributed by atoms with Crippen LogP contribution in [-0.2, 0) is 23.7 Å². The summed E-state index contributed by atoms with van der Waals surface area (Å²) in [5.41, 5.74) is -2.93. The number of rotatable bonds is 6. The molecule has 2 aromatic rings. The van der Waals surface area contributed by atoms with Gasteiger partial charge in [-0.1, -0.05) is 6.92 Å². The first kappa shape index (κ1) is 30.8. The van der Waals surface area contributed by atoms with Crippen molar-refractivity contribution in [1.29, 1.82) is 5.41 Å². The number of hydrogen-bond donors (Lipinski definition) is 4. The van der Waals surface area contributed by atoms with Gasteiger partial charge < -0.3 is 25.2 Å². The summed E-state index contributed by atoms with van der Waals surface area (Å²) in [5, 5.41) is 13.5. The van der Waals surface area contributed by atoms with E-state index >= 15 is 0 Å². The van der Waals surface area contributed by atoms with Crippen molar-refractivity contribution in [2.75, 3.05) is 43.4 Å². The summed E-state index contributed by atoms with van der Waals surface area (Å²) in [7, 11) is 0. The molecule has 0 atom stereocenters. The van der Waals surface area contributed by atoms with E-state index in [2.05, 4.69) is 32.8 Å². The van der Waals surface area contributed by atoms with E-state index in [4.69, 9.17) is 10.1 Å². The molecule has 16 heteroatoms. The molecular formula is C24H27F6N7O2S. The molecule has 1 aliphatic heterocycles. The third kappa shape index (κ3) is 8.40. The topological polar surface area (TPSA) is 106 Å². The van der Waals surface area contributed by atoms with Crippen LogP contribution < -0.4 is 10.6 Å². The zero-order chi connectivity index (χ0) is 29.5. The second-order valence-corrected chi connectivity index (χ2v) is 8.92. The standard InChI is InChI=1S/C24H27F6N7O2S/c1-2-4-32-19-10-15(3-5-33-19)14-39-20(31)21(35-40)36-6-8-37(9-7-36)22(38)34-18-12-16(23(25,26)27)11-17(13-18)24(28,29)30/h3,5,10-13,31,40H,2,4,6-9,14H2,1H3,(H,32,33)(H,34,38)/b31-20?,35-21+. The number of hydrogen-bond acceptors (Lipinski definition) is 7. The Morgan fingerprint density at radius 2 is 1.65 bits per heavy atom. The van der Waals surface area contributed by atoms with E-state index in [1.165, 1.54) is 4.90 Å². The lowest BCUT2D eigenvalue weighted by Gasteiger charge is -2.36. The van der Waals surface area contributed by atoms with E-state index in [9.17, 15) is 31.1 Å². The number of amidine groups is 1. The monoisotopic (exact) mass is 591 g/mol. The van der Waals surface area contributed by atoms with Crippen molar-refractivity contribution < 1.29 is 35.9 Å². The highest BCUT2D eigenvalue weighted by Gasteiger charge is 2.37. The van der Waals surface area contributed by atoms with Crippen LogP contribution in [0.5, 0.6) is 0 Å². The van der Waals surface area contributed by atoms with E-state index in [1.807, 2.05) is 6.92 Å². The van der Waals surface area contributed by atoms with Crippen LogP contribution in [-0.4, -0.2) is 65.3 Å². The van der Waals surface area contributed by atoms with Crippen LogP contribution >= 0.6 is 12.8 Å². The first-order valence-electron chi connectivity index (χ1n) is 12.0. The predicted molar refractivity (Wildman–Crippen MR) is 141 cm³/mol. The number of thiol groups is 1. The molecule has 0 aliphatic carbocycles. The number of piperazine rings is 1. The Hall–Kier alpha value is -3.69. The van der Waals surface area contributed by atoms with Gasteiger partial charge in [0, 0.05) is 44.6 Å². The molecule has 2 amide bonds. The molecule has 1 aliphatic rings. The molecule has 218 valence electrons. The first-order valence-corrected chi connectivity index (χ1v) is 12.4. The fourth-order valence-electron chi connectivity index (χ4n) is 3.74. The van der Waals surface area contributed by atoms with E-state index in [0.29, 0.717) is 18.0 Å². The summed E-state index contributed by atoms with van der Waals surface area (Å²) in [4.78, 5) is 19.7. The number of ether oxygens (including phenoxy) is 1. The Balaban J connectivity index is 1.58. The number of amides is 2. The SMILES string of the molecule is CCCNc1cc(COC(=N)/C(=N\S)N2CCN(C(=O)Nc3cc(C(F)(F)F)cc(C(F)(F)F)c3)CC2)ccn1. The maximum absolute atomic E-state index is 13.1. The molecule has 1 saturated heterocycles. The largest absolute Gasteiger partial charge is 0.471 e. The molecule has 0 bridgehead atoms. The van der Waals surface area contributed by atoms with E-state index in [0.717, 1.165) is 18.5 Å². The van der Waals surface area contributed by atoms with Crippen molar-refractivity contribution >= 4 is 42.1 Å². The average molecular weight is 592 g/mol. The van der Waals surface area contributed by atoms with Crippen molar-refractivity contribution in [3.05, 3.63) is 53.2 Å². The zero-order valence-electron chi connectivity index (χ0n) is 21.2. The van der Waals surface area contributed by atoms with E-state index in [1.54, 1.807) is 23.2 Å². The van der Waals surface area contributed by atoms with Crippen LogP contribution in [0.15, 0.2) is 40.9 Å². The second-order valence-electron chi connectivity index (χ2n) is 8.72. The summed E-state index contributed by atoms with van der Waals surface area (Å²) in [6.07, 6.45) is -7.53. The minimum Gasteiger partial charge on any atom is -0.471 e. The Morgan fingerprint density at radius 3 is 2.20 bits per heavy atom. The third-order valence-corrected chi connectivity index (χ3v) is 5.96. The molecule has 1 aromatic carbocycles. The lowest BCUT2D eigenvalue weighted by molar-refractivity contribution is -0.143. The molecule has 3 rings (SSSR count). The number of urea groups is 1. The highest BCUT2D eigenvalue weighted by Crippen LogP contribution is 2.37. The van der Waals surface area contributed by atoms with Crippen molar-refractivity contribution in [3.8, 4) is 0 Å². The molecule has 1 fully saturated rings. The fraction of sp³-hybridized carbons (Fsp3) is 0.417. The van der Waals surface area contributed by atoms with Crippen LogP contribution in [0, 0.1) is 5.41 Å². The normalized spacial score (nSPS) is 14.7. The molecule has 0 unspecified atom stereocenters. The van der Waals surface area contributed by atoms with Gasteiger partial charge in [-0.25, -0.2) is 9.78 Å². The number of carbonyl (C=O) groups is 1. The minimum atomic E-state index is -5.03. The lowest BCUT2D eigenvalue weighted by atomic mass is 10.1. The number of anilines is 2. The highest BCUT2D eigenvalue weighted by molar-refractivity contribution is 7.79. The number of nitrogens with zero attached hydrogens (tertiary/aromatic N) is 4. The smallest absolute Gasteiger partial charge is 0.416 e. The van der Waals surface area contributed by atoms with Crippen molar-refractivity contribution in [2.24, 2.45) is 4.40 Å². The van der Waals surface area contributed by atoms with Gasteiger partial charge in [-0.3, -0.25) is 5.41 Å². The summed E-state index contributed by atoms with van der Waals surface area (Å²) in [5.74, 6) is 0.512. The van der Waals surface area contributed by atoms with Crippen LogP contribution in [0.1, 0.15) is 30.0 Å². The van der Waals surface area contributed by atoms with Crippen molar-refractivity contribution in [2.45, 2.75) is 32.3 Å². The molecule has 2 heterocycles. The number of aromatic nitrogens is 1. The quantitative estimate of drug-likeness (QED) is 0.153. The molecule has 0 spiro atoms. The zero-order valence-corrected chi connectivity index (χ0v) is 22.1. The fourth-order valence-corrected chi connectivity index (χ4v) is 3.95. The average Bonchev–Trinajstić information content (AvgIpc) is 2.90. The molecule has 0 saturated carbocycles. The van der Waals surface area contributed by atoms with Gasteiger partial charge in [0.2, 0.25) is 0 Å². The Kier molecular flexibility index (Phi) is 10.1. The van der Waals surface area contributed by atoms with Gasteiger partial charge in [0.15, 0.2) is 5.84 Å². The molecule has 1 aromatic heterocycles. The number of benzene rings is 1. The molecule has 40 heavy (non-hydrogen) atoms. The second kappa shape index (κ2) is 13.1. The Morgan fingerprint density at radius 1 is 1.05 bits per heavy atom. The van der Waals surface area contributed by atoms with Crippen LogP contribution in [0.25, 0.3) is 0 Å². The first-order chi connectivity index (χ1) is 18.8. The van der Waals surface area contributed by atoms with Crippen molar-refractivity contribution in [3.63, 3.8) is 0 Å². The number of nitrogens with one attached hydrogen (secondary N) is 3. The summed E-state index contributed by atoms with van der Waals surface area (Å²) in [6.45, 7) is 3.26. The van der Waals surface area contributed by atoms with E-state index < -0.39 is 35.2 Å². The highest BCUT2D eigenvalue weighted by atomic mass is 32.1. The summed E-state index contributed by atoms with van der Waals surface area (Å²) < 4.78 is 88.0. The van der Waals surface area contributed by atoms with Gasteiger partial charge in [0.05, 0.1) is 11.1 Å². The van der Waals surface area contributed by atoms with E-state index in [-0.39, 0.29) is 50.6 Å². The maximum Gasteiger partial charge on any atom is 0.416 e. The Labute approximate surface area is 231 Å². The van der Waals surface area contributed by atoms with Crippen LogP contribution in [0.3, 0.4) is 0 Å². The van der Waals surface area contributed by atoms with Gasteiger partial charge in [-0.05, 0) is 55.1 Å². The van der Waals surface area contributed by atoms with Gasteiger partial charge >= 0.3 is 18.4 Å². The molecule has 0 radical (unpaired) electrons. The Bertz CT molecular complexity index is 1200. The van der Waals surface area contributed by atoms with Crippen molar-refractivity contribution in [1.82, 2.24) is 14.8 Å². The summed E-state index contributed by atoms with van der Waals surface area (Å²) in [6, 6.07) is 3.54. The third-order valence-electron chi connectivity index (χ3n) is 5.77. The molecular weight excluding hydrogens is 564 g/mol. The van der Waals surface area contributed by atoms with Gasteiger partial charge in [0.25, 0.3) is 5.90 Å². The molecule has 9 nitrogen and oxygen atoms in total. The predicted octanol–water partition coefficient (Wildman–Crippen LogP) is 5.53.